The summed E-state index contributed by atoms with van der Waals surface area (Å²) in [6, 6.07) is 15.6. The largest absolute Gasteiger partial charge is 0.497 e. The van der Waals surface area contributed by atoms with E-state index >= 15 is 0 Å². The molecule has 0 aliphatic heterocycles. The van der Waals surface area contributed by atoms with Crippen LogP contribution in [0.1, 0.15) is 0 Å². The molecule has 0 amide bonds. The number of benzene rings is 2. The van der Waals surface area contributed by atoms with Crippen LogP contribution in [0.3, 0.4) is 0 Å². The van der Waals surface area contributed by atoms with Gasteiger partial charge in [-0.3, -0.25) is 0 Å². The van der Waals surface area contributed by atoms with Crippen LogP contribution in [-0.2, 0) is 0 Å². The van der Waals surface area contributed by atoms with Gasteiger partial charge >= 0.3 is 0 Å². The topological polar surface area (TPSA) is 59.1 Å². The van der Waals surface area contributed by atoms with E-state index in [2.05, 4.69) is 20.6 Å². The second-order valence-electron chi connectivity index (χ2n) is 4.75. The molecule has 0 spiro atoms. The van der Waals surface area contributed by atoms with Crippen LogP contribution in [0.15, 0.2) is 60.9 Å². The van der Waals surface area contributed by atoms with Crippen LogP contribution in [0.4, 0.5) is 27.4 Å². The quantitative estimate of drug-likeness (QED) is 0.742. The Hall–Kier alpha value is -3.15. The molecule has 116 valence electrons. The number of nitrogens with one attached hydrogen (secondary N) is 2. The average Bonchev–Trinajstić information content (AvgIpc) is 2.57. The van der Waals surface area contributed by atoms with Crippen LogP contribution in [0, 0.1) is 5.82 Å². The Morgan fingerprint density at radius 2 is 1.70 bits per heavy atom. The predicted molar refractivity (Wildman–Crippen MR) is 88.0 cm³/mol. The molecule has 2 N–H and O–H groups in total. The lowest BCUT2D eigenvalue weighted by Crippen LogP contribution is -1.99. The van der Waals surface area contributed by atoms with Crippen molar-refractivity contribution in [1.82, 2.24) is 9.97 Å². The fraction of sp³-hybridized carbons (Fsp3) is 0.0588. The molecule has 3 rings (SSSR count). The number of nitrogens with zero attached hydrogens (tertiary/aromatic N) is 2. The Labute approximate surface area is 133 Å². The van der Waals surface area contributed by atoms with Gasteiger partial charge in [0.15, 0.2) is 0 Å². The Kier molecular flexibility index (Phi) is 4.33. The molecule has 23 heavy (non-hydrogen) atoms. The minimum atomic E-state index is -0.339. The van der Waals surface area contributed by atoms with Crippen molar-refractivity contribution in [1.29, 1.82) is 0 Å². The number of aromatic nitrogens is 2. The first kappa shape index (κ1) is 14.8. The first-order valence-electron chi connectivity index (χ1n) is 6.99. The van der Waals surface area contributed by atoms with Crippen molar-refractivity contribution in [2.75, 3.05) is 17.7 Å². The Morgan fingerprint density at radius 3 is 2.48 bits per heavy atom. The Bertz CT molecular complexity index is 810. The summed E-state index contributed by atoms with van der Waals surface area (Å²) in [4.78, 5) is 8.25. The summed E-state index contributed by atoms with van der Waals surface area (Å²) in [5.41, 5.74) is 1.19. The van der Waals surface area contributed by atoms with Crippen LogP contribution < -0.4 is 15.4 Å². The van der Waals surface area contributed by atoms with Crippen molar-refractivity contribution < 1.29 is 9.13 Å². The molecular weight excluding hydrogens is 295 g/mol. The molecule has 1 heterocycles. The van der Waals surface area contributed by atoms with Crippen molar-refractivity contribution in [3.05, 3.63) is 66.7 Å². The summed E-state index contributed by atoms with van der Waals surface area (Å²) in [7, 11) is 1.61. The summed E-state index contributed by atoms with van der Waals surface area (Å²) in [5, 5.41) is 6.08. The van der Waals surface area contributed by atoms with E-state index in [1.54, 1.807) is 31.4 Å². The standard InChI is InChI=1S/C17H15FN4O/c1-23-13-6-4-5-12(9-13)21-16-10-17(20-11-19-16)22-15-8-3-2-7-14(15)18/h2-11H,1H3,(H2,19,20,21,22). The van der Waals surface area contributed by atoms with Crippen molar-refractivity contribution in [2.45, 2.75) is 0 Å². The first-order chi connectivity index (χ1) is 11.2. The van der Waals surface area contributed by atoms with Crippen LogP contribution >= 0.6 is 0 Å². The summed E-state index contributed by atoms with van der Waals surface area (Å²) < 4.78 is 18.9. The Balaban J connectivity index is 1.78. The molecule has 0 unspecified atom stereocenters. The van der Waals surface area contributed by atoms with Gasteiger partial charge in [0.25, 0.3) is 0 Å². The third kappa shape index (κ3) is 3.74. The molecule has 0 aliphatic rings. The second kappa shape index (κ2) is 6.74. The van der Waals surface area contributed by atoms with Gasteiger partial charge in [0.05, 0.1) is 12.8 Å². The van der Waals surface area contributed by atoms with E-state index in [0.29, 0.717) is 17.3 Å². The third-order valence-electron chi connectivity index (χ3n) is 3.15. The number of ether oxygens (including phenoxy) is 1. The van der Waals surface area contributed by atoms with E-state index in [4.69, 9.17) is 4.74 Å². The van der Waals surface area contributed by atoms with Gasteiger partial charge in [-0.2, -0.15) is 0 Å². The highest BCUT2D eigenvalue weighted by molar-refractivity contribution is 5.63. The third-order valence-corrected chi connectivity index (χ3v) is 3.15. The highest BCUT2D eigenvalue weighted by Gasteiger charge is 2.04. The first-order valence-corrected chi connectivity index (χ1v) is 6.99. The molecule has 3 aromatic rings. The van der Waals surface area contributed by atoms with Gasteiger partial charge in [-0.05, 0) is 24.3 Å². The fourth-order valence-corrected chi connectivity index (χ4v) is 2.04. The lowest BCUT2D eigenvalue weighted by atomic mass is 10.3. The zero-order chi connectivity index (χ0) is 16.1. The van der Waals surface area contributed by atoms with Gasteiger partial charge in [-0.25, -0.2) is 14.4 Å². The SMILES string of the molecule is COc1cccc(Nc2cc(Nc3ccccc3F)ncn2)c1. The minimum Gasteiger partial charge on any atom is -0.497 e. The average molecular weight is 310 g/mol. The van der Waals surface area contributed by atoms with E-state index in [1.807, 2.05) is 24.3 Å². The van der Waals surface area contributed by atoms with Crippen LogP contribution in [0.5, 0.6) is 5.75 Å². The maximum absolute atomic E-state index is 13.7. The van der Waals surface area contributed by atoms with E-state index in [1.165, 1.54) is 12.4 Å². The van der Waals surface area contributed by atoms with Gasteiger partial charge in [-0.15, -0.1) is 0 Å². The Morgan fingerprint density at radius 1 is 0.913 bits per heavy atom. The van der Waals surface area contributed by atoms with Crippen molar-refractivity contribution in [3.8, 4) is 5.75 Å². The maximum atomic E-state index is 13.7. The molecule has 6 heteroatoms. The number of hydrogen-bond acceptors (Lipinski definition) is 5. The molecule has 2 aromatic carbocycles. The van der Waals surface area contributed by atoms with Crippen molar-refractivity contribution in [3.63, 3.8) is 0 Å². The van der Waals surface area contributed by atoms with E-state index in [9.17, 15) is 4.39 Å². The predicted octanol–water partition coefficient (Wildman–Crippen LogP) is 4.11. The molecule has 0 saturated carbocycles. The van der Waals surface area contributed by atoms with Gasteiger partial charge in [0.2, 0.25) is 0 Å². The highest BCUT2D eigenvalue weighted by atomic mass is 19.1. The monoisotopic (exact) mass is 310 g/mol. The van der Waals surface area contributed by atoms with Gasteiger partial charge in [-0.1, -0.05) is 18.2 Å². The summed E-state index contributed by atoms with van der Waals surface area (Å²) in [6.07, 6.45) is 1.41. The lowest BCUT2D eigenvalue weighted by molar-refractivity contribution is 0.415. The molecule has 0 bridgehead atoms. The summed E-state index contributed by atoms with van der Waals surface area (Å²) in [6.45, 7) is 0. The van der Waals surface area contributed by atoms with Gasteiger partial charge in [0, 0.05) is 17.8 Å². The van der Waals surface area contributed by atoms with Crippen LogP contribution in [0.2, 0.25) is 0 Å². The van der Waals surface area contributed by atoms with Gasteiger partial charge < -0.3 is 15.4 Å². The minimum absolute atomic E-state index is 0.339. The van der Waals surface area contributed by atoms with Crippen molar-refractivity contribution >= 4 is 23.0 Å². The molecule has 0 aliphatic carbocycles. The number of halogens is 1. The number of methoxy groups -OCH3 is 1. The van der Waals surface area contributed by atoms with E-state index in [-0.39, 0.29) is 5.82 Å². The molecule has 0 atom stereocenters. The lowest BCUT2D eigenvalue weighted by Gasteiger charge is -2.10. The molecule has 0 fully saturated rings. The number of rotatable bonds is 5. The molecule has 0 radical (unpaired) electrons. The van der Waals surface area contributed by atoms with Crippen LogP contribution in [0.25, 0.3) is 0 Å². The molecule has 1 aromatic heterocycles. The number of anilines is 4. The number of hydrogen-bond donors (Lipinski definition) is 2. The van der Waals surface area contributed by atoms with E-state index in [0.717, 1.165) is 11.4 Å². The molecular formula is C17H15FN4O. The molecule has 0 saturated heterocycles. The summed E-state index contributed by atoms with van der Waals surface area (Å²) >= 11 is 0. The highest BCUT2D eigenvalue weighted by Crippen LogP contribution is 2.23. The summed E-state index contributed by atoms with van der Waals surface area (Å²) in [5.74, 6) is 1.49. The number of para-hydroxylation sites is 1. The maximum Gasteiger partial charge on any atom is 0.146 e. The van der Waals surface area contributed by atoms with E-state index < -0.39 is 0 Å². The van der Waals surface area contributed by atoms with Crippen LogP contribution in [-0.4, -0.2) is 17.1 Å². The fourth-order valence-electron chi connectivity index (χ4n) is 2.04. The van der Waals surface area contributed by atoms with Gasteiger partial charge in [0.1, 0.15) is 29.5 Å². The zero-order valence-corrected chi connectivity index (χ0v) is 12.5. The normalized spacial score (nSPS) is 10.2. The zero-order valence-electron chi connectivity index (χ0n) is 12.5. The molecule has 5 nitrogen and oxygen atoms in total. The second-order valence-corrected chi connectivity index (χ2v) is 4.75. The van der Waals surface area contributed by atoms with Crippen molar-refractivity contribution in [2.24, 2.45) is 0 Å². The smallest absolute Gasteiger partial charge is 0.146 e.